The quantitative estimate of drug-likeness (QED) is 0.755. The number of aryl methyl sites for hydroxylation is 1. The Hall–Kier alpha value is -2.12. The number of rotatable bonds is 7. The van der Waals surface area contributed by atoms with Gasteiger partial charge in [-0.3, -0.25) is 4.79 Å². The summed E-state index contributed by atoms with van der Waals surface area (Å²) in [5.74, 6) is 0.0741. The van der Waals surface area contributed by atoms with Gasteiger partial charge in [-0.15, -0.1) is 10.2 Å². The van der Waals surface area contributed by atoms with Crippen molar-refractivity contribution in [2.24, 2.45) is 0 Å². The molecule has 1 aromatic heterocycles. The second-order valence-corrected chi connectivity index (χ2v) is 5.07. The summed E-state index contributed by atoms with van der Waals surface area (Å²) in [5.41, 5.74) is 0.162. The third-order valence-electron chi connectivity index (χ3n) is 3.05. The molecule has 0 saturated heterocycles. The molecule has 0 fully saturated rings. The Morgan fingerprint density at radius 3 is 3.05 bits per heavy atom. The minimum absolute atomic E-state index is 0.161. The highest BCUT2D eigenvalue weighted by molar-refractivity contribution is 6.30. The number of benzene rings is 1. The molecule has 0 aliphatic carbocycles. The van der Waals surface area contributed by atoms with E-state index in [1.54, 1.807) is 19.5 Å². The molecule has 0 saturated carbocycles. The first-order valence-corrected chi connectivity index (χ1v) is 7.12. The zero-order valence-electron chi connectivity index (χ0n) is 12.1. The van der Waals surface area contributed by atoms with Crippen LogP contribution in [0.5, 0.6) is 5.75 Å². The van der Waals surface area contributed by atoms with Crippen molar-refractivity contribution < 1.29 is 14.6 Å². The van der Waals surface area contributed by atoms with Gasteiger partial charge in [-0.2, -0.15) is 0 Å². The van der Waals surface area contributed by atoms with Crippen LogP contribution in [0.3, 0.4) is 0 Å². The number of nitrogens with zero attached hydrogens (tertiary/aromatic N) is 3. The van der Waals surface area contributed by atoms with Crippen LogP contribution in [0.25, 0.3) is 0 Å². The van der Waals surface area contributed by atoms with Crippen molar-refractivity contribution in [2.75, 3.05) is 13.7 Å². The minimum atomic E-state index is -0.402. The number of aromatic nitrogens is 3. The Kier molecular flexibility index (Phi) is 5.74. The molecule has 0 radical (unpaired) electrons. The Bertz CT molecular complexity index is 645. The lowest BCUT2D eigenvalue weighted by Gasteiger charge is -2.08. The molecule has 0 bridgehead atoms. The first kappa shape index (κ1) is 16.3. The molecule has 0 atom stereocenters. The predicted octanol–water partition coefficient (Wildman–Crippen LogP) is 1.60. The minimum Gasteiger partial charge on any atom is -0.507 e. The van der Waals surface area contributed by atoms with Gasteiger partial charge in [-0.05, 0) is 24.6 Å². The van der Waals surface area contributed by atoms with E-state index in [0.717, 1.165) is 6.42 Å². The van der Waals surface area contributed by atoms with Crippen LogP contribution in [-0.4, -0.2) is 39.5 Å². The van der Waals surface area contributed by atoms with Gasteiger partial charge >= 0.3 is 0 Å². The average molecular weight is 325 g/mol. The summed E-state index contributed by atoms with van der Waals surface area (Å²) in [4.78, 5) is 12.1. The lowest BCUT2D eigenvalue weighted by molar-refractivity contribution is 0.0946. The number of ether oxygens (including phenoxy) is 1. The molecule has 1 aromatic carbocycles. The number of hydrogen-bond donors (Lipinski definition) is 2. The van der Waals surface area contributed by atoms with Crippen LogP contribution < -0.4 is 5.32 Å². The number of halogens is 1. The molecule has 0 aliphatic rings. The Morgan fingerprint density at radius 2 is 2.32 bits per heavy atom. The number of aromatic hydroxyl groups is 1. The number of hydrogen-bond acceptors (Lipinski definition) is 5. The molecular weight excluding hydrogens is 308 g/mol. The summed E-state index contributed by atoms with van der Waals surface area (Å²) in [6, 6.07) is 4.34. The number of methoxy groups -OCH3 is 1. The monoisotopic (exact) mass is 324 g/mol. The Balaban J connectivity index is 1.95. The third kappa shape index (κ3) is 4.19. The van der Waals surface area contributed by atoms with Crippen molar-refractivity contribution >= 4 is 17.5 Å². The maximum absolute atomic E-state index is 12.1. The van der Waals surface area contributed by atoms with E-state index >= 15 is 0 Å². The first-order chi connectivity index (χ1) is 10.6. The summed E-state index contributed by atoms with van der Waals surface area (Å²) in [5, 5.41) is 20.6. The molecule has 1 heterocycles. The Labute approximate surface area is 132 Å². The fourth-order valence-electron chi connectivity index (χ4n) is 1.93. The van der Waals surface area contributed by atoms with Crippen molar-refractivity contribution in [3.8, 4) is 5.75 Å². The number of amides is 1. The summed E-state index contributed by atoms with van der Waals surface area (Å²) >= 11 is 5.74. The van der Waals surface area contributed by atoms with Gasteiger partial charge < -0.3 is 19.7 Å². The number of carbonyl (C=O) groups is 1. The molecule has 8 heteroatoms. The van der Waals surface area contributed by atoms with Crippen molar-refractivity contribution in [3.05, 3.63) is 40.9 Å². The highest BCUT2D eigenvalue weighted by Crippen LogP contribution is 2.21. The van der Waals surface area contributed by atoms with Crippen LogP contribution >= 0.6 is 11.6 Å². The summed E-state index contributed by atoms with van der Waals surface area (Å²) < 4.78 is 6.84. The topological polar surface area (TPSA) is 89.3 Å². The standard InChI is InChI=1S/C14H17ClN4O3/c1-22-6-2-5-19-9-17-18-13(19)8-16-14(21)11-4-3-10(15)7-12(11)20/h3-4,7,9,20H,2,5-6,8H2,1H3,(H,16,21). The zero-order chi connectivity index (χ0) is 15.9. The molecule has 2 rings (SSSR count). The van der Waals surface area contributed by atoms with Crippen LogP contribution in [0, 0.1) is 0 Å². The maximum atomic E-state index is 12.1. The fourth-order valence-corrected chi connectivity index (χ4v) is 2.10. The van der Waals surface area contributed by atoms with E-state index in [9.17, 15) is 9.90 Å². The van der Waals surface area contributed by atoms with Crippen molar-refractivity contribution in [2.45, 2.75) is 19.5 Å². The van der Waals surface area contributed by atoms with Gasteiger partial charge in [0, 0.05) is 25.3 Å². The van der Waals surface area contributed by atoms with Crippen molar-refractivity contribution in [1.29, 1.82) is 0 Å². The van der Waals surface area contributed by atoms with Gasteiger partial charge in [-0.25, -0.2) is 0 Å². The third-order valence-corrected chi connectivity index (χ3v) is 3.29. The van der Waals surface area contributed by atoms with Crippen LogP contribution in [0.1, 0.15) is 22.6 Å². The van der Waals surface area contributed by atoms with Gasteiger partial charge in [-0.1, -0.05) is 11.6 Å². The number of phenols is 1. The first-order valence-electron chi connectivity index (χ1n) is 6.74. The molecule has 0 spiro atoms. The number of carbonyl (C=O) groups excluding carboxylic acids is 1. The van der Waals surface area contributed by atoms with E-state index in [1.165, 1.54) is 12.1 Å². The van der Waals surface area contributed by atoms with Gasteiger partial charge in [0.2, 0.25) is 0 Å². The highest BCUT2D eigenvalue weighted by atomic mass is 35.5. The van der Waals surface area contributed by atoms with E-state index in [1.807, 2.05) is 4.57 Å². The van der Waals surface area contributed by atoms with Crippen LogP contribution in [0.15, 0.2) is 24.5 Å². The van der Waals surface area contributed by atoms with Gasteiger partial charge in [0.25, 0.3) is 5.91 Å². The summed E-state index contributed by atoms with van der Waals surface area (Å²) in [6.45, 7) is 1.56. The lowest BCUT2D eigenvalue weighted by atomic mass is 10.2. The molecule has 0 aliphatic heterocycles. The largest absolute Gasteiger partial charge is 0.507 e. The molecular formula is C14H17ClN4O3. The van der Waals surface area contributed by atoms with Crippen LogP contribution in [0.4, 0.5) is 0 Å². The van der Waals surface area contributed by atoms with Gasteiger partial charge in [0.05, 0.1) is 12.1 Å². The lowest BCUT2D eigenvalue weighted by Crippen LogP contribution is -2.25. The Morgan fingerprint density at radius 1 is 1.50 bits per heavy atom. The SMILES string of the molecule is COCCCn1cnnc1CNC(=O)c1ccc(Cl)cc1O. The molecule has 2 aromatic rings. The second-order valence-electron chi connectivity index (χ2n) is 4.63. The molecule has 0 unspecified atom stereocenters. The van der Waals surface area contributed by atoms with Crippen LogP contribution in [-0.2, 0) is 17.8 Å². The van der Waals surface area contributed by atoms with Crippen LogP contribution in [0.2, 0.25) is 5.02 Å². The second kappa shape index (κ2) is 7.77. The predicted molar refractivity (Wildman–Crippen MR) is 80.8 cm³/mol. The van der Waals surface area contributed by atoms with E-state index in [0.29, 0.717) is 24.0 Å². The van der Waals surface area contributed by atoms with Crippen molar-refractivity contribution in [3.63, 3.8) is 0 Å². The molecule has 1 amide bonds. The highest BCUT2D eigenvalue weighted by Gasteiger charge is 2.12. The van der Waals surface area contributed by atoms with Gasteiger partial charge in [0.15, 0.2) is 5.82 Å². The zero-order valence-corrected chi connectivity index (χ0v) is 12.9. The van der Waals surface area contributed by atoms with E-state index in [2.05, 4.69) is 15.5 Å². The van der Waals surface area contributed by atoms with Gasteiger partial charge in [0.1, 0.15) is 12.1 Å². The molecule has 7 nitrogen and oxygen atoms in total. The molecule has 2 N–H and O–H groups in total. The van der Waals surface area contributed by atoms with E-state index in [4.69, 9.17) is 16.3 Å². The summed E-state index contributed by atoms with van der Waals surface area (Å²) in [6.07, 6.45) is 2.43. The number of nitrogens with one attached hydrogen (secondary N) is 1. The summed E-state index contributed by atoms with van der Waals surface area (Å²) in [7, 11) is 1.64. The fraction of sp³-hybridized carbons (Fsp3) is 0.357. The average Bonchev–Trinajstić information content (AvgIpc) is 2.92. The molecule has 22 heavy (non-hydrogen) atoms. The van der Waals surface area contributed by atoms with E-state index in [-0.39, 0.29) is 17.9 Å². The molecule has 118 valence electrons. The maximum Gasteiger partial charge on any atom is 0.255 e. The van der Waals surface area contributed by atoms with Crippen molar-refractivity contribution in [1.82, 2.24) is 20.1 Å². The van der Waals surface area contributed by atoms with E-state index < -0.39 is 5.91 Å². The number of phenolic OH excluding ortho intramolecular Hbond substituents is 1. The normalized spacial score (nSPS) is 10.6. The smallest absolute Gasteiger partial charge is 0.255 e.